The zero-order valence-corrected chi connectivity index (χ0v) is 14.0. The van der Waals surface area contributed by atoms with Crippen LogP contribution in [-0.4, -0.2) is 34.9 Å². The van der Waals surface area contributed by atoms with Gasteiger partial charge in [0.15, 0.2) is 0 Å². The summed E-state index contributed by atoms with van der Waals surface area (Å²) in [5.74, 6) is -0.177. The number of nitrogens with one attached hydrogen (secondary N) is 1. The van der Waals surface area contributed by atoms with Gasteiger partial charge in [0.05, 0.1) is 6.10 Å². The Morgan fingerprint density at radius 2 is 2.22 bits per heavy atom. The lowest BCUT2D eigenvalue weighted by molar-refractivity contribution is -0.126. The number of aromatic nitrogens is 2. The molecule has 6 nitrogen and oxygen atoms in total. The van der Waals surface area contributed by atoms with Crippen molar-refractivity contribution < 1.29 is 9.53 Å². The minimum Gasteiger partial charge on any atom is -0.364 e. The first-order valence-corrected chi connectivity index (χ1v) is 8.46. The molecule has 7 heteroatoms. The molecule has 1 saturated heterocycles. The van der Waals surface area contributed by atoms with Gasteiger partial charge in [-0.25, -0.2) is 0 Å². The molecule has 0 unspecified atom stereocenters. The van der Waals surface area contributed by atoms with E-state index in [1.807, 2.05) is 19.1 Å². The first-order chi connectivity index (χ1) is 11.1. The summed E-state index contributed by atoms with van der Waals surface area (Å²) in [6.45, 7) is 4.54. The van der Waals surface area contributed by atoms with E-state index in [0.29, 0.717) is 18.1 Å². The fourth-order valence-electron chi connectivity index (χ4n) is 2.69. The highest BCUT2D eigenvalue weighted by Gasteiger charge is 2.30. The maximum absolute atomic E-state index is 12.2. The lowest BCUT2D eigenvalue weighted by atomic mass is 10.1. The molecule has 2 heterocycles. The number of nitrogens with zero attached hydrogens (tertiary/aromatic N) is 2. The van der Waals surface area contributed by atoms with Gasteiger partial charge in [-0.1, -0.05) is 35.1 Å². The Bertz CT molecular complexity index is 716. The van der Waals surface area contributed by atoms with E-state index in [1.54, 1.807) is 0 Å². The lowest BCUT2D eigenvalue weighted by Gasteiger charge is -2.10. The minimum atomic E-state index is -0.447. The summed E-state index contributed by atoms with van der Waals surface area (Å²) in [4.78, 5) is 12.2. The van der Waals surface area contributed by atoms with Crippen molar-refractivity contribution >= 4 is 22.4 Å². The van der Waals surface area contributed by atoms with Crippen molar-refractivity contribution in [2.75, 3.05) is 11.9 Å². The van der Waals surface area contributed by atoms with E-state index >= 15 is 0 Å². The number of benzene rings is 1. The quantitative estimate of drug-likeness (QED) is 0.896. The third kappa shape index (κ3) is 3.57. The molecule has 0 bridgehead atoms. The molecule has 122 valence electrons. The molecule has 1 aromatic carbocycles. The summed E-state index contributed by atoms with van der Waals surface area (Å²) in [5.41, 5.74) is 8.95. The standard InChI is InChI=1S/C16H20N4O2S/c1-9-3-5-12(10(2)7-9)15-19-20-16(23-15)18-14(21)13-6-4-11(8-17)22-13/h3,5,7,11,13H,4,6,8,17H2,1-2H3,(H,18,20,21)/t11-,13+/m1/s1. The molecule has 0 spiro atoms. The number of hydrogen-bond donors (Lipinski definition) is 2. The second-order valence-corrected chi connectivity index (χ2v) is 6.76. The average Bonchev–Trinajstić information content (AvgIpc) is 3.16. The normalized spacial score (nSPS) is 20.7. The molecular weight excluding hydrogens is 312 g/mol. The van der Waals surface area contributed by atoms with E-state index in [-0.39, 0.29) is 12.0 Å². The molecular formula is C16H20N4O2S. The lowest BCUT2D eigenvalue weighted by Crippen LogP contribution is -2.29. The van der Waals surface area contributed by atoms with Crippen LogP contribution in [-0.2, 0) is 9.53 Å². The topological polar surface area (TPSA) is 90.1 Å². The van der Waals surface area contributed by atoms with Gasteiger partial charge in [0.2, 0.25) is 5.13 Å². The van der Waals surface area contributed by atoms with Crippen LogP contribution >= 0.6 is 11.3 Å². The number of amides is 1. The van der Waals surface area contributed by atoms with E-state index in [1.165, 1.54) is 16.9 Å². The number of carbonyl (C=O) groups is 1. The largest absolute Gasteiger partial charge is 0.364 e. The monoisotopic (exact) mass is 332 g/mol. The Hall–Kier alpha value is -1.83. The van der Waals surface area contributed by atoms with Crippen molar-refractivity contribution in [1.82, 2.24) is 10.2 Å². The number of ether oxygens (including phenoxy) is 1. The third-order valence-corrected chi connectivity index (χ3v) is 4.80. The Balaban J connectivity index is 1.69. The molecule has 23 heavy (non-hydrogen) atoms. The van der Waals surface area contributed by atoms with Gasteiger partial charge in [-0.2, -0.15) is 0 Å². The summed E-state index contributed by atoms with van der Waals surface area (Å²) in [6.07, 6.45) is 1.04. The van der Waals surface area contributed by atoms with Gasteiger partial charge < -0.3 is 10.5 Å². The van der Waals surface area contributed by atoms with Gasteiger partial charge in [-0.3, -0.25) is 10.1 Å². The minimum absolute atomic E-state index is 0.0223. The maximum atomic E-state index is 12.2. The molecule has 1 amide bonds. The average molecular weight is 332 g/mol. The summed E-state index contributed by atoms with van der Waals surface area (Å²) in [6, 6.07) is 6.18. The molecule has 2 aromatic rings. The number of anilines is 1. The van der Waals surface area contributed by atoms with E-state index in [9.17, 15) is 4.79 Å². The van der Waals surface area contributed by atoms with Gasteiger partial charge in [-0.05, 0) is 32.3 Å². The van der Waals surface area contributed by atoms with Crippen LogP contribution in [0.3, 0.4) is 0 Å². The summed E-state index contributed by atoms with van der Waals surface area (Å²) >= 11 is 1.37. The SMILES string of the molecule is Cc1ccc(-c2nnc(NC(=O)[C@@H]3CC[C@H](CN)O3)s2)c(C)c1. The van der Waals surface area contributed by atoms with Crippen LogP contribution in [0, 0.1) is 13.8 Å². The van der Waals surface area contributed by atoms with E-state index in [0.717, 1.165) is 22.6 Å². The molecule has 0 saturated carbocycles. The smallest absolute Gasteiger partial charge is 0.255 e. The molecule has 1 aliphatic heterocycles. The Morgan fingerprint density at radius 1 is 1.39 bits per heavy atom. The van der Waals surface area contributed by atoms with Gasteiger partial charge >= 0.3 is 0 Å². The highest BCUT2D eigenvalue weighted by Crippen LogP contribution is 2.30. The van der Waals surface area contributed by atoms with Crippen LogP contribution in [0.5, 0.6) is 0 Å². The number of nitrogens with two attached hydrogens (primary N) is 1. The highest BCUT2D eigenvalue weighted by atomic mass is 32.1. The zero-order valence-electron chi connectivity index (χ0n) is 13.2. The predicted molar refractivity (Wildman–Crippen MR) is 90.4 cm³/mol. The van der Waals surface area contributed by atoms with Crippen molar-refractivity contribution in [3.05, 3.63) is 29.3 Å². The van der Waals surface area contributed by atoms with Crippen LogP contribution in [0.25, 0.3) is 10.6 Å². The molecule has 0 aliphatic carbocycles. The molecule has 3 N–H and O–H groups in total. The fraction of sp³-hybridized carbons (Fsp3) is 0.438. The molecule has 3 rings (SSSR count). The van der Waals surface area contributed by atoms with Gasteiger partial charge in [-0.15, -0.1) is 10.2 Å². The van der Waals surface area contributed by atoms with E-state index in [2.05, 4.69) is 28.5 Å². The second kappa shape index (κ2) is 6.74. The van der Waals surface area contributed by atoms with Gasteiger partial charge in [0.1, 0.15) is 11.1 Å². The number of rotatable bonds is 4. The Kier molecular flexibility index (Phi) is 4.70. The fourth-order valence-corrected chi connectivity index (χ4v) is 3.53. The first-order valence-electron chi connectivity index (χ1n) is 7.64. The number of hydrogen-bond acceptors (Lipinski definition) is 6. The molecule has 0 radical (unpaired) electrons. The van der Waals surface area contributed by atoms with E-state index < -0.39 is 6.10 Å². The van der Waals surface area contributed by atoms with Crippen LogP contribution in [0.2, 0.25) is 0 Å². The third-order valence-electron chi connectivity index (χ3n) is 3.93. The number of carbonyl (C=O) groups excluding carboxylic acids is 1. The van der Waals surface area contributed by atoms with Gasteiger partial charge in [0.25, 0.3) is 5.91 Å². The summed E-state index contributed by atoms with van der Waals surface area (Å²) in [7, 11) is 0. The van der Waals surface area contributed by atoms with Crippen molar-refractivity contribution in [1.29, 1.82) is 0 Å². The van der Waals surface area contributed by atoms with Crippen molar-refractivity contribution in [3.63, 3.8) is 0 Å². The summed E-state index contributed by atoms with van der Waals surface area (Å²) < 4.78 is 5.59. The second-order valence-electron chi connectivity index (χ2n) is 5.78. The first kappa shape index (κ1) is 16.0. The van der Waals surface area contributed by atoms with Crippen LogP contribution in [0.1, 0.15) is 24.0 Å². The van der Waals surface area contributed by atoms with Crippen molar-refractivity contribution in [2.24, 2.45) is 5.73 Å². The van der Waals surface area contributed by atoms with Crippen LogP contribution in [0.15, 0.2) is 18.2 Å². The zero-order chi connectivity index (χ0) is 16.4. The Labute approximate surface area is 139 Å². The van der Waals surface area contributed by atoms with Gasteiger partial charge in [0, 0.05) is 12.1 Å². The molecule has 2 atom stereocenters. The highest BCUT2D eigenvalue weighted by molar-refractivity contribution is 7.18. The number of aryl methyl sites for hydroxylation is 2. The van der Waals surface area contributed by atoms with Crippen molar-refractivity contribution in [3.8, 4) is 10.6 Å². The van der Waals surface area contributed by atoms with Crippen LogP contribution in [0.4, 0.5) is 5.13 Å². The maximum Gasteiger partial charge on any atom is 0.255 e. The van der Waals surface area contributed by atoms with Crippen molar-refractivity contribution in [2.45, 2.75) is 38.9 Å². The molecule has 1 aliphatic rings. The van der Waals surface area contributed by atoms with Crippen LogP contribution < -0.4 is 11.1 Å². The molecule has 1 fully saturated rings. The summed E-state index contributed by atoms with van der Waals surface area (Å²) in [5, 5.41) is 12.3. The predicted octanol–water partition coefficient (Wildman–Crippen LogP) is 2.27. The van der Waals surface area contributed by atoms with E-state index in [4.69, 9.17) is 10.5 Å². The Morgan fingerprint density at radius 3 is 2.91 bits per heavy atom. The molecule has 1 aromatic heterocycles.